The maximum Gasteiger partial charge on any atom is 0.239 e. The molecular weight excluding hydrogens is 266 g/mol. The molecule has 0 saturated carbocycles. The number of nitrogens with zero attached hydrogens (tertiary/aromatic N) is 2. The summed E-state index contributed by atoms with van der Waals surface area (Å²) in [5.41, 5.74) is 6.03. The van der Waals surface area contributed by atoms with Crippen LogP contribution >= 0.6 is 0 Å². The Kier molecular flexibility index (Phi) is 8.22. The van der Waals surface area contributed by atoms with Crippen LogP contribution < -0.4 is 5.73 Å². The second kappa shape index (κ2) is 9.38. The van der Waals surface area contributed by atoms with Gasteiger partial charge in [-0.2, -0.15) is 0 Å². The van der Waals surface area contributed by atoms with E-state index >= 15 is 0 Å². The number of ether oxygens (including phenoxy) is 1. The number of likely N-dealkylation sites (N-methyl/N-ethyl adjacent to an activating group) is 1. The van der Waals surface area contributed by atoms with E-state index in [-0.39, 0.29) is 24.0 Å². The molecule has 0 aromatic heterocycles. The van der Waals surface area contributed by atoms with E-state index in [1.807, 2.05) is 11.8 Å². The van der Waals surface area contributed by atoms with Crippen LogP contribution in [0.15, 0.2) is 0 Å². The summed E-state index contributed by atoms with van der Waals surface area (Å²) in [6.45, 7) is 13.7. The summed E-state index contributed by atoms with van der Waals surface area (Å²) < 4.78 is 5.91. The van der Waals surface area contributed by atoms with Crippen LogP contribution in [0.5, 0.6) is 0 Å². The number of rotatable bonds is 9. The summed E-state index contributed by atoms with van der Waals surface area (Å²) in [5.74, 6) is 0.319. The largest absolute Gasteiger partial charge is 0.375 e. The van der Waals surface area contributed by atoms with Gasteiger partial charge in [0, 0.05) is 19.6 Å². The van der Waals surface area contributed by atoms with Gasteiger partial charge in [-0.05, 0) is 25.4 Å². The molecule has 1 aliphatic heterocycles. The molecule has 1 saturated heterocycles. The van der Waals surface area contributed by atoms with Gasteiger partial charge in [0.1, 0.15) is 0 Å². The highest BCUT2D eigenvalue weighted by atomic mass is 16.5. The molecule has 1 amide bonds. The summed E-state index contributed by atoms with van der Waals surface area (Å²) in [6.07, 6.45) is 2.04. The first-order valence-electron chi connectivity index (χ1n) is 8.41. The van der Waals surface area contributed by atoms with Crippen LogP contribution in [-0.2, 0) is 9.53 Å². The van der Waals surface area contributed by atoms with Crippen LogP contribution in [0, 0.1) is 5.92 Å². The molecule has 5 heteroatoms. The minimum absolute atomic E-state index is 0.0826. The van der Waals surface area contributed by atoms with Crippen molar-refractivity contribution in [3.8, 4) is 0 Å². The SMILES string of the molecule is CCC(C)C(N)C(=O)N1CCC(OCCN(CC)CC)C1. The molecule has 1 aliphatic rings. The van der Waals surface area contributed by atoms with Gasteiger partial charge in [0.2, 0.25) is 5.91 Å². The summed E-state index contributed by atoms with van der Waals surface area (Å²) in [5, 5.41) is 0. The Morgan fingerprint density at radius 3 is 2.62 bits per heavy atom. The van der Waals surface area contributed by atoms with Gasteiger partial charge in [0.05, 0.1) is 18.8 Å². The molecule has 0 bridgehead atoms. The van der Waals surface area contributed by atoms with Gasteiger partial charge in [-0.25, -0.2) is 0 Å². The van der Waals surface area contributed by atoms with E-state index in [0.29, 0.717) is 6.54 Å². The number of amides is 1. The second-order valence-corrected chi connectivity index (χ2v) is 6.00. The van der Waals surface area contributed by atoms with Crippen molar-refractivity contribution >= 4 is 5.91 Å². The lowest BCUT2D eigenvalue weighted by Crippen LogP contribution is -2.46. The van der Waals surface area contributed by atoms with Crippen molar-refractivity contribution in [2.75, 3.05) is 39.3 Å². The Labute approximate surface area is 129 Å². The molecule has 0 spiro atoms. The summed E-state index contributed by atoms with van der Waals surface area (Å²) in [4.78, 5) is 16.5. The number of hydrogen-bond acceptors (Lipinski definition) is 4. The van der Waals surface area contributed by atoms with Gasteiger partial charge in [0.25, 0.3) is 0 Å². The second-order valence-electron chi connectivity index (χ2n) is 6.00. The van der Waals surface area contributed by atoms with Crippen molar-refractivity contribution in [2.24, 2.45) is 11.7 Å². The molecular formula is C16H33N3O2. The fourth-order valence-electron chi connectivity index (χ4n) is 2.66. The Morgan fingerprint density at radius 1 is 1.38 bits per heavy atom. The van der Waals surface area contributed by atoms with Crippen molar-refractivity contribution in [3.05, 3.63) is 0 Å². The van der Waals surface area contributed by atoms with Gasteiger partial charge < -0.3 is 20.3 Å². The molecule has 21 heavy (non-hydrogen) atoms. The quantitative estimate of drug-likeness (QED) is 0.697. The van der Waals surface area contributed by atoms with Crippen molar-refractivity contribution in [2.45, 2.75) is 52.7 Å². The summed E-state index contributed by atoms with van der Waals surface area (Å²) in [7, 11) is 0. The van der Waals surface area contributed by atoms with Crippen LogP contribution in [0.3, 0.4) is 0 Å². The Balaban J connectivity index is 2.30. The van der Waals surface area contributed by atoms with Crippen molar-refractivity contribution in [1.29, 1.82) is 0 Å². The molecule has 0 aromatic rings. The van der Waals surface area contributed by atoms with Crippen molar-refractivity contribution < 1.29 is 9.53 Å². The van der Waals surface area contributed by atoms with E-state index in [1.165, 1.54) is 0 Å². The van der Waals surface area contributed by atoms with E-state index in [4.69, 9.17) is 10.5 Å². The van der Waals surface area contributed by atoms with Crippen LogP contribution in [0.4, 0.5) is 0 Å². The van der Waals surface area contributed by atoms with Gasteiger partial charge in [-0.15, -0.1) is 0 Å². The molecule has 124 valence electrons. The zero-order chi connectivity index (χ0) is 15.8. The predicted octanol–water partition coefficient (Wildman–Crippen LogP) is 1.32. The highest BCUT2D eigenvalue weighted by molar-refractivity contribution is 5.82. The maximum absolute atomic E-state index is 12.3. The lowest BCUT2D eigenvalue weighted by Gasteiger charge is -2.24. The van der Waals surface area contributed by atoms with Crippen LogP contribution in [0.25, 0.3) is 0 Å². The Bertz CT molecular complexity index is 308. The predicted molar refractivity (Wildman–Crippen MR) is 86.2 cm³/mol. The zero-order valence-electron chi connectivity index (χ0n) is 14.2. The number of likely N-dealkylation sites (tertiary alicyclic amines) is 1. The van der Waals surface area contributed by atoms with E-state index in [9.17, 15) is 4.79 Å². The summed E-state index contributed by atoms with van der Waals surface area (Å²) >= 11 is 0. The molecule has 0 aromatic carbocycles. The third-order valence-electron chi connectivity index (χ3n) is 4.65. The fraction of sp³-hybridized carbons (Fsp3) is 0.938. The highest BCUT2D eigenvalue weighted by Gasteiger charge is 2.31. The smallest absolute Gasteiger partial charge is 0.239 e. The van der Waals surface area contributed by atoms with Gasteiger partial charge in [0.15, 0.2) is 0 Å². The molecule has 1 fully saturated rings. The number of hydrogen-bond donors (Lipinski definition) is 1. The molecule has 2 N–H and O–H groups in total. The minimum atomic E-state index is -0.371. The molecule has 1 rings (SSSR count). The number of carbonyl (C=O) groups is 1. The fourth-order valence-corrected chi connectivity index (χ4v) is 2.66. The van der Waals surface area contributed by atoms with Gasteiger partial charge >= 0.3 is 0 Å². The average Bonchev–Trinajstić information content (AvgIpc) is 2.98. The monoisotopic (exact) mass is 299 g/mol. The number of carbonyl (C=O) groups excluding carboxylic acids is 1. The first-order valence-corrected chi connectivity index (χ1v) is 8.41. The molecule has 3 atom stereocenters. The highest BCUT2D eigenvalue weighted by Crippen LogP contribution is 2.16. The van der Waals surface area contributed by atoms with Gasteiger partial charge in [-0.1, -0.05) is 34.1 Å². The molecule has 0 radical (unpaired) electrons. The topological polar surface area (TPSA) is 58.8 Å². The maximum atomic E-state index is 12.3. The summed E-state index contributed by atoms with van der Waals surface area (Å²) in [6, 6.07) is -0.371. The van der Waals surface area contributed by atoms with E-state index in [2.05, 4.69) is 25.7 Å². The van der Waals surface area contributed by atoms with Gasteiger partial charge in [-0.3, -0.25) is 4.79 Å². The van der Waals surface area contributed by atoms with E-state index in [1.54, 1.807) is 0 Å². The number of nitrogens with two attached hydrogens (primary N) is 1. The standard InChI is InChI=1S/C16H33N3O2/c1-5-13(4)15(17)16(20)19-9-8-14(12-19)21-11-10-18(6-2)7-3/h13-15H,5-12,17H2,1-4H3. The average molecular weight is 299 g/mol. The molecule has 0 aliphatic carbocycles. The van der Waals surface area contributed by atoms with Crippen LogP contribution in [0.2, 0.25) is 0 Å². The lowest BCUT2D eigenvalue weighted by molar-refractivity contribution is -0.133. The lowest BCUT2D eigenvalue weighted by atomic mass is 9.99. The third-order valence-corrected chi connectivity index (χ3v) is 4.65. The minimum Gasteiger partial charge on any atom is -0.375 e. The zero-order valence-corrected chi connectivity index (χ0v) is 14.2. The molecule has 5 nitrogen and oxygen atoms in total. The first kappa shape index (κ1) is 18.4. The first-order chi connectivity index (χ1) is 10.0. The van der Waals surface area contributed by atoms with Crippen molar-refractivity contribution in [3.63, 3.8) is 0 Å². The third kappa shape index (κ3) is 5.57. The Morgan fingerprint density at radius 2 is 2.05 bits per heavy atom. The van der Waals surface area contributed by atoms with Crippen LogP contribution in [0.1, 0.15) is 40.5 Å². The molecule has 3 unspecified atom stereocenters. The van der Waals surface area contributed by atoms with Crippen molar-refractivity contribution in [1.82, 2.24) is 9.80 Å². The molecule has 1 heterocycles. The normalized spacial score (nSPS) is 21.8. The van der Waals surface area contributed by atoms with Crippen LogP contribution in [-0.4, -0.2) is 67.2 Å². The van der Waals surface area contributed by atoms with E-state index in [0.717, 1.165) is 45.6 Å². The Hall–Kier alpha value is -0.650. The van der Waals surface area contributed by atoms with E-state index < -0.39 is 0 Å².